The minimum Gasteiger partial charge on any atom is -0.396 e. The third-order valence-electron chi connectivity index (χ3n) is 9.97. The number of nitrogens with two attached hydrogens (primary N) is 1. The molecule has 4 amide bonds. The van der Waals surface area contributed by atoms with Crippen LogP contribution in [0.5, 0.6) is 0 Å². The first-order valence-corrected chi connectivity index (χ1v) is 17.2. The number of carbonyl (C=O) groups excluding carboxylic acids is 4. The highest BCUT2D eigenvalue weighted by Gasteiger charge is 2.61. The first-order valence-electron chi connectivity index (χ1n) is 16.3. The monoisotopic (exact) mass is 671 g/mol. The van der Waals surface area contributed by atoms with Gasteiger partial charge in [0.1, 0.15) is 4.88 Å². The molecule has 11 nitrogen and oxygen atoms in total. The molecule has 1 spiro atoms. The van der Waals surface area contributed by atoms with Crippen LogP contribution in [-0.2, 0) is 19.1 Å². The summed E-state index contributed by atoms with van der Waals surface area (Å²) in [7, 11) is 0. The number of aliphatic hydroxyl groups excluding tert-OH is 1. The quantitative estimate of drug-likeness (QED) is 0.472. The van der Waals surface area contributed by atoms with Crippen LogP contribution in [0, 0.1) is 28.6 Å². The largest absolute Gasteiger partial charge is 0.396 e. The zero-order valence-corrected chi connectivity index (χ0v) is 28.0. The van der Waals surface area contributed by atoms with Crippen LogP contribution in [0.25, 0.3) is 0 Å². The summed E-state index contributed by atoms with van der Waals surface area (Å²) in [5.41, 5.74) is 6.93. The Morgan fingerprint density at radius 3 is 2.15 bits per heavy atom. The van der Waals surface area contributed by atoms with Crippen molar-refractivity contribution in [2.75, 3.05) is 59.1 Å². The molecule has 2 atom stereocenters. The maximum Gasteiger partial charge on any atom is 0.265 e. The van der Waals surface area contributed by atoms with Gasteiger partial charge < -0.3 is 30.3 Å². The Hall–Kier alpha value is -2.71. The molecule has 5 fully saturated rings. The summed E-state index contributed by atoms with van der Waals surface area (Å²) in [6.07, 6.45) is 5.45. The number of carbonyl (C=O) groups is 4. The van der Waals surface area contributed by atoms with Crippen LogP contribution >= 0.6 is 11.3 Å². The summed E-state index contributed by atoms with van der Waals surface area (Å²) in [5.74, 6) is -2.66. The zero-order chi connectivity index (χ0) is 33.7. The molecule has 4 aliphatic heterocycles. The number of likely N-dealkylation sites (tertiary alicyclic amines) is 3. The predicted octanol–water partition coefficient (Wildman–Crippen LogP) is 3.27. The van der Waals surface area contributed by atoms with Crippen molar-refractivity contribution in [1.29, 1.82) is 0 Å². The minimum absolute atomic E-state index is 0. The number of nitrogens with zero attached hydrogens (tertiary/aromatic N) is 4. The third-order valence-corrected chi connectivity index (χ3v) is 10.7. The van der Waals surface area contributed by atoms with Gasteiger partial charge in [0.25, 0.3) is 11.8 Å². The third kappa shape index (κ3) is 8.80. The van der Waals surface area contributed by atoms with E-state index >= 15 is 0 Å². The second-order valence-corrected chi connectivity index (χ2v) is 14.9. The summed E-state index contributed by atoms with van der Waals surface area (Å²) in [6.45, 7) is 10.4. The van der Waals surface area contributed by atoms with E-state index in [1.807, 2.05) is 11.8 Å². The van der Waals surface area contributed by atoms with Gasteiger partial charge in [-0.05, 0) is 37.0 Å². The Balaban J connectivity index is 0.000000228. The molecule has 1 aromatic rings. The second kappa shape index (κ2) is 15.0. The number of halogens is 2. The Bertz CT molecular complexity index is 1220. The van der Waals surface area contributed by atoms with Crippen molar-refractivity contribution in [3.05, 3.63) is 16.6 Å². The fourth-order valence-electron chi connectivity index (χ4n) is 6.68. The first-order chi connectivity index (χ1) is 21.7. The summed E-state index contributed by atoms with van der Waals surface area (Å²) >= 11 is 1.29. The standard InChI is InChI=1S/C17H22N4O3S.C9H15F2NO.C6H12O2.H2/c1-16(2)3-10(16)14(23)21-7-17(8-21)6-20(5-11(17)13(18)22)15(24)12-4-19-9-25-12;1-2-3-8(13)12-6-4-9(10,11)5-7-12;7-5-6-1-3-8-4-2-6;/h4,9-11H,3,5-8H2,1-2H3,(H2,18,22);2-7H2,1H3;6-7H,1-5H2;1H/t10-,11+;;;/m1.../s1. The highest BCUT2D eigenvalue weighted by molar-refractivity contribution is 7.11. The van der Waals surface area contributed by atoms with E-state index in [0.717, 1.165) is 38.9 Å². The number of hydrogen-bond acceptors (Lipinski definition) is 8. The predicted molar refractivity (Wildman–Crippen MR) is 170 cm³/mol. The lowest BCUT2D eigenvalue weighted by Gasteiger charge is -2.50. The SMILES string of the molecule is CC1(C)C[C@@H]1C(=O)N1CC2(CN(C(=O)c3cncs3)C[C@H]2C(N)=O)C1.CCCC(=O)N1CCC(F)(F)CC1.OCC1CCOCC1.[HH]. The summed E-state index contributed by atoms with van der Waals surface area (Å²) in [4.78, 5) is 57.9. The van der Waals surface area contributed by atoms with Gasteiger partial charge >= 0.3 is 0 Å². The Morgan fingerprint density at radius 1 is 1.07 bits per heavy atom. The summed E-state index contributed by atoms with van der Waals surface area (Å²) in [5, 5.41) is 8.64. The molecule has 5 aliphatic rings. The maximum absolute atomic E-state index is 12.7. The van der Waals surface area contributed by atoms with E-state index in [4.69, 9.17) is 15.6 Å². The van der Waals surface area contributed by atoms with Gasteiger partial charge in [-0.2, -0.15) is 0 Å². The van der Waals surface area contributed by atoms with Crippen LogP contribution in [0.3, 0.4) is 0 Å². The first kappa shape index (κ1) is 36.1. The molecular weight excluding hydrogens is 620 g/mol. The Morgan fingerprint density at radius 2 is 1.67 bits per heavy atom. The minimum atomic E-state index is -2.55. The van der Waals surface area contributed by atoms with Crippen LogP contribution in [0.4, 0.5) is 8.78 Å². The molecule has 46 heavy (non-hydrogen) atoms. The molecule has 0 radical (unpaired) electrons. The molecule has 260 valence electrons. The number of primary amides is 1. The molecule has 1 aliphatic carbocycles. The fourth-order valence-corrected chi connectivity index (χ4v) is 7.26. The highest BCUT2D eigenvalue weighted by Crippen LogP contribution is 2.54. The van der Waals surface area contributed by atoms with Crippen molar-refractivity contribution in [3.63, 3.8) is 0 Å². The number of rotatable bonds is 6. The summed E-state index contributed by atoms with van der Waals surface area (Å²) < 4.78 is 30.5. The molecule has 0 aromatic carbocycles. The molecule has 6 rings (SSSR count). The fraction of sp³-hybridized carbons (Fsp3) is 0.781. The van der Waals surface area contributed by atoms with Crippen molar-refractivity contribution in [2.45, 2.75) is 71.6 Å². The number of alkyl halides is 2. The van der Waals surface area contributed by atoms with Gasteiger partial charge in [0, 0.05) is 91.1 Å². The van der Waals surface area contributed by atoms with E-state index in [0.29, 0.717) is 50.0 Å². The number of aromatic nitrogens is 1. The smallest absolute Gasteiger partial charge is 0.265 e. The van der Waals surface area contributed by atoms with Gasteiger partial charge in [-0.3, -0.25) is 24.2 Å². The van der Waals surface area contributed by atoms with E-state index in [2.05, 4.69) is 18.8 Å². The number of piperidine rings is 1. The summed E-state index contributed by atoms with van der Waals surface area (Å²) in [6, 6.07) is 0. The normalized spacial score (nSPS) is 25.8. The number of ether oxygens (including phenoxy) is 1. The lowest BCUT2D eigenvalue weighted by molar-refractivity contribution is -0.150. The molecule has 0 bridgehead atoms. The lowest BCUT2D eigenvalue weighted by Crippen LogP contribution is -2.64. The highest BCUT2D eigenvalue weighted by atomic mass is 32.1. The van der Waals surface area contributed by atoms with Crippen molar-refractivity contribution in [2.24, 2.45) is 34.3 Å². The average Bonchev–Trinajstić information content (AvgIpc) is 3.38. The van der Waals surface area contributed by atoms with Crippen molar-refractivity contribution in [1.82, 2.24) is 19.7 Å². The van der Waals surface area contributed by atoms with Crippen LogP contribution in [0.1, 0.15) is 76.8 Å². The van der Waals surface area contributed by atoms with Gasteiger partial charge in [0.15, 0.2) is 0 Å². The van der Waals surface area contributed by atoms with Gasteiger partial charge in [-0.15, -0.1) is 11.3 Å². The van der Waals surface area contributed by atoms with Crippen molar-refractivity contribution < 1.29 is 39.2 Å². The molecule has 0 unspecified atom stereocenters. The van der Waals surface area contributed by atoms with Crippen LogP contribution in [0.2, 0.25) is 0 Å². The molecular formula is C32H51F2N5O6S. The van der Waals surface area contributed by atoms with Crippen LogP contribution in [0.15, 0.2) is 11.7 Å². The van der Waals surface area contributed by atoms with E-state index in [9.17, 15) is 28.0 Å². The van der Waals surface area contributed by atoms with Crippen molar-refractivity contribution >= 4 is 35.0 Å². The zero-order valence-electron chi connectivity index (χ0n) is 27.2. The maximum atomic E-state index is 12.7. The molecule has 3 N–H and O–H groups in total. The molecule has 4 saturated heterocycles. The average molecular weight is 672 g/mol. The molecule has 1 aromatic heterocycles. The van der Waals surface area contributed by atoms with Gasteiger partial charge in [-0.1, -0.05) is 20.8 Å². The van der Waals surface area contributed by atoms with Gasteiger partial charge in [0.05, 0.1) is 17.6 Å². The van der Waals surface area contributed by atoms with Crippen LogP contribution in [-0.4, -0.2) is 113 Å². The lowest BCUT2D eigenvalue weighted by atomic mass is 9.71. The molecule has 1 saturated carbocycles. The van der Waals surface area contributed by atoms with Gasteiger partial charge in [0.2, 0.25) is 17.7 Å². The van der Waals surface area contributed by atoms with E-state index in [1.165, 1.54) is 11.3 Å². The number of thiazole rings is 1. The number of aliphatic hydroxyl groups is 1. The van der Waals surface area contributed by atoms with E-state index in [-0.39, 0.29) is 61.8 Å². The second-order valence-electron chi connectivity index (χ2n) is 14.0. The van der Waals surface area contributed by atoms with Crippen molar-refractivity contribution in [3.8, 4) is 0 Å². The Kier molecular flexibility index (Phi) is 11.8. The van der Waals surface area contributed by atoms with Crippen LogP contribution < -0.4 is 5.73 Å². The van der Waals surface area contributed by atoms with E-state index in [1.54, 1.807) is 21.5 Å². The number of amides is 4. The Labute approximate surface area is 275 Å². The van der Waals surface area contributed by atoms with Gasteiger partial charge in [-0.25, -0.2) is 8.78 Å². The number of hydrogen-bond donors (Lipinski definition) is 2. The molecule has 14 heteroatoms. The van der Waals surface area contributed by atoms with E-state index < -0.39 is 17.7 Å². The topological polar surface area (TPSA) is 146 Å². The molecule has 5 heterocycles.